The number of hydrogen-bond acceptors (Lipinski definition) is 3. The Bertz CT molecular complexity index is 654. The molecule has 1 aromatic rings. The van der Waals surface area contributed by atoms with Gasteiger partial charge in [0.2, 0.25) is 0 Å². The Balaban J connectivity index is 2.24. The van der Waals surface area contributed by atoms with E-state index in [1.807, 2.05) is 0 Å². The van der Waals surface area contributed by atoms with Crippen LogP contribution in [0.1, 0.15) is 77.0 Å². The van der Waals surface area contributed by atoms with Crippen LogP contribution in [0, 0.1) is 11.3 Å². The van der Waals surface area contributed by atoms with Crippen molar-refractivity contribution in [2.45, 2.75) is 77.7 Å². The molecule has 0 saturated heterocycles. The number of hydrogen-bond donors (Lipinski definition) is 2. The fourth-order valence-corrected chi connectivity index (χ4v) is 5.63. The summed E-state index contributed by atoms with van der Waals surface area (Å²) in [6, 6.07) is 2.07. The molecule has 1 aromatic carbocycles. The second kappa shape index (κ2) is 5.39. The van der Waals surface area contributed by atoms with Crippen molar-refractivity contribution in [1.82, 2.24) is 0 Å². The fraction of sp³-hybridized carbons (Fsp3) is 0.714. The van der Waals surface area contributed by atoms with Crippen LogP contribution in [0.5, 0.6) is 11.5 Å². The molecule has 0 amide bonds. The van der Waals surface area contributed by atoms with Crippen LogP contribution in [0.3, 0.4) is 0 Å². The summed E-state index contributed by atoms with van der Waals surface area (Å²) in [6.45, 7) is 10.6. The lowest BCUT2D eigenvalue weighted by Crippen LogP contribution is -2.48. The average Bonchev–Trinajstić information content (AvgIpc) is 2.44. The SMILES string of the molecule is COc1c(C(C)(C)O)cc2c(c1O)C1(C)CCCC(C)(C)C1CC2. The Morgan fingerprint density at radius 1 is 1.21 bits per heavy atom. The van der Waals surface area contributed by atoms with Crippen LogP contribution in [0.15, 0.2) is 6.07 Å². The van der Waals surface area contributed by atoms with E-state index in [0.717, 1.165) is 24.8 Å². The lowest BCUT2D eigenvalue weighted by Gasteiger charge is -2.54. The van der Waals surface area contributed by atoms with Crippen LogP contribution in [0.2, 0.25) is 0 Å². The maximum absolute atomic E-state index is 11.1. The number of phenols is 1. The monoisotopic (exact) mass is 332 g/mol. The Labute approximate surface area is 146 Å². The van der Waals surface area contributed by atoms with E-state index in [0.29, 0.717) is 22.6 Å². The zero-order valence-electron chi connectivity index (χ0n) is 16.0. The Morgan fingerprint density at radius 2 is 1.88 bits per heavy atom. The molecule has 134 valence electrons. The first-order valence-corrected chi connectivity index (χ1v) is 9.18. The number of phenolic OH excluding ortho intramolecular Hbond substituents is 1. The van der Waals surface area contributed by atoms with E-state index in [-0.39, 0.29) is 11.2 Å². The molecule has 2 aliphatic rings. The van der Waals surface area contributed by atoms with Crippen molar-refractivity contribution in [1.29, 1.82) is 0 Å². The maximum atomic E-state index is 11.1. The van der Waals surface area contributed by atoms with Crippen molar-refractivity contribution < 1.29 is 14.9 Å². The first kappa shape index (κ1) is 17.6. The highest BCUT2D eigenvalue weighted by Gasteiger charge is 2.51. The lowest BCUT2D eigenvalue weighted by molar-refractivity contribution is 0.0381. The molecule has 3 heteroatoms. The molecule has 2 aliphatic carbocycles. The number of benzene rings is 1. The lowest BCUT2D eigenvalue weighted by atomic mass is 9.50. The molecule has 1 saturated carbocycles. The van der Waals surface area contributed by atoms with Crippen LogP contribution >= 0.6 is 0 Å². The second-order valence-electron chi connectivity index (χ2n) is 9.25. The highest BCUT2D eigenvalue weighted by molar-refractivity contribution is 5.60. The highest BCUT2D eigenvalue weighted by Crippen LogP contribution is 2.60. The number of rotatable bonds is 2. The zero-order chi connectivity index (χ0) is 17.9. The van der Waals surface area contributed by atoms with E-state index in [2.05, 4.69) is 26.8 Å². The van der Waals surface area contributed by atoms with E-state index >= 15 is 0 Å². The summed E-state index contributed by atoms with van der Waals surface area (Å²) in [5.41, 5.74) is 2.16. The van der Waals surface area contributed by atoms with E-state index in [1.165, 1.54) is 18.4 Å². The molecule has 0 radical (unpaired) electrons. The van der Waals surface area contributed by atoms with Crippen LogP contribution in [0.4, 0.5) is 0 Å². The Hall–Kier alpha value is -1.22. The van der Waals surface area contributed by atoms with Gasteiger partial charge in [0.1, 0.15) is 0 Å². The number of aromatic hydroxyl groups is 1. The van der Waals surface area contributed by atoms with Gasteiger partial charge in [-0.25, -0.2) is 0 Å². The van der Waals surface area contributed by atoms with Crippen LogP contribution in [-0.2, 0) is 17.4 Å². The van der Waals surface area contributed by atoms with Gasteiger partial charge in [0.15, 0.2) is 11.5 Å². The molecule has 3 nitrogen and oxygen atoms in total. The summed E-state index contributed by atoms with van der Waals surface area (Å²) >= 11 is 0. The quantitative estimate of drug-likeness (QED) is 0.828. The van der Waals surface area contributed by atoms with Gasteiger partial charge in [0, 0.05) is 11.1 Å². The van der Waals surface area contributed by atoms with Crippen molar-refractivity contribution in [2.75, 3.05) is 7.11 Å². The second-order valence-corrected chi connectivity index (χ2v) is 9.25. The van der Waals surface area contributed by atoms with Crippen molar-refractivity contribution in [3.63, 3.8) is 0 Å². The van der Waals surface area contributed by atoms with E-state index < -0.39 is 5.60 Å². The average molecular weight is 332 g/mol. The Kier molecular flexibility index (Phi) is 3.95. The summed E-state index contributed by atoms with van der Waals surface area (Å²) in [5, 5.41) is 21.6. The first-order chi connectivity index (χ1) is 11.0. The van der Waals surface area contributed by atoms with Gasteiger partial charge in [-0.15, -0.1) is 0 Å². The zero-order valence-corrected chi connectivity index (χ0v) is 16.0. The summed E-state index contributed by atoms with van der Waals surface area (Å²) in [4.78, 5) is 0. The molecular weight excluding hydrogens is 300 g/mol. The minimum absolute atomic E-state index is 0.0230. The number of methoxy groups -OCH3 is 1. The number of aryl methyl sites for hydroxylation is 1. The van der Waals surface area contributed by atoms with Crippen LogP contribution in [-0.4, -0.2) is 17.3 Å². The molecule has 2 unspecified atom stereocenters. The third-order valence-corrected chi connectivity index (χ3v) is 6.70. The van der Waals surface area contributed by atoms with Crippen LogP contribution < -0.4 is 4.74 Å². The molecular formula is C21H32O3. The molecule has 0 aromatic heterocycles. The van der Waals surface area contributed by atoms with Crippen molar-refractivity contribution >= 4 is 0 Å². The van der Waals surface area contributed by atoms with Gasteiger partial charge in [-0.1, -0.05) is 27.2 Å². The summed E-state index contributed by atoms with van der Waals surface area (Å²) in [7, 11) is 1.57. The van der Waals surface area contributed by atoms with Crippen molar-refractivity contribution in [2.24, 2.45) is 11.3 Å². The normalized spacial score (nSPS) is 28.9. The number of aliphatic hydroxyl groups is 1. The largest absolute Gasteiger partial charge is 0.504 e. The van der Waals surface area contributed by atoms with E-state index in [4.69, 9.17) is 4.74 Å². The molecule has 2 N–H and O–H groups in total. The minimum Gasteiger partial charge on any atom is -0.504 e. The highest BCUT2D eigenvalue weighted by atomic mass is 16.5. The van der Waals surface area contributed by atoms with E-state index in [1.54, 1.807) is 21.0 Å². The smallest absolute Gasteiger partial charge is 0.166 e. The molecule has 0 bridgehead atoms. The first-order valence-electron chi connectivity index (χ1n) is 9.18. The molecule has 2 atom stereocenters. The third-order valence-electron chi connectivity index (χ3n) is 6.70. The molecule has 3 rings (SSSR count). The van der Waals surface area contributed by atoms with Gasteiger partial charge in [-0.3, -0.25) is 0 Å². The number of fused-ring (bicyclic) bond motifs is 3. The predicted octanol–water partition coefficient (Wildman–Crippen LogP) is 4.66. The maximum Gasteiger partial charge on any atom is 0.166 e. The summed E-state index contributed by atoms with van der Waals surface area (Å²) in [5.74, 6) is 1.25. The van der Waals surface area contributed by atoms with Gasteiger partial charge < -0.3 is 14.9 Å². The topological polar surface area (TPSA) is 49.7 Å². The fourth-order valence-electron chi connectivity index (χ4n) is 5.63. The molecule has 0 spiro atoms. The summed E-state index contributed by atoms with van der Waals surface area (Å²) < 4.78 is 5.54. The van der Waals surface area contributed by atoms with Gasteiger partial charge in [0.05, 0.1) is 12.7 Å². The summed E-state index contributed by atoms with van der Waals surface area (Å²) in [6.07, 6.45) is 5.65. The predicted molar refractivity (Wildman–Crippen MR) is 96.7 cm³/mol. The van der Waals surface area contributed by atoms with Gasteiger partial charge in [-0.2, -0.15) is 0 Å². The standard InChI is InChI=1S/C21H32O3/c1-19(2)10-7-11-21(5)15(19)9-8-13-12-14(20(3,4)23)18(24-6)17(22)16(13)21/h12,15,22-23H,7-11H2,1-6H3. The van der Waals surface area contributed by atoms with E-state index in [9.17, 15) is 10.2 Å². The molecule has 24 heavy (non-hydrogen) atoms. The minimum atomic E-state index is -1.04. The number of ether oxygens (including phenoxy) is 1. The van der Waals surface area contributed by atoms with Gasteiger partial charge >= 0.3 is 0 Å². The third kappa shape index (κ3) is 2.44. The molecule has 0 aliphatic heterocycles. The molecule has 0 heterocycles. The Morgan fingerprint density at radius 3 is 2.46 bits per heavy atom. The van der Waals surface area contributed by atoms with Crippen molar-refractivity contribution in [3.8, 4) is 11.5 Å². The van der Waals surface area contributed by atoms with Crippen LogP contribution in [0.25, 0.3) is 0 Å². The van der Waals surface area contributed by atoms with Gasteiger partial charge in [0.25, 0.3) is 0 Å². The molecule has 1 fully saturated rings. The van der Waals surface area contributed by atoms with Gasteiger partial charge in [-0.05, 0) is 67.9 Å². The van der Waals surface area contributed by atoms with Crippen molar-refractivity contribution in [3.05, 3.63) is 22.8 Å².